The van der Waals surface area contributed by atoms with Crippen LogP contribution >= 0.6 is 31.9 Å². The van der Waals surface area contributed by atoms with Crippen LogP contribution in [0.1, 0.15) is 25.2 Å². The summed E-state index contributed by atoms with van der Waals surface area (Å²) in [6, 6.07) is 28.8. The van der Waals surface area contributed by atoms with Gasteiger partial charge in [0.1, 0.15) is 0 Å². The molecule has 4 aromatic rings. The average molecular weight is 508 g/mol. The summed E-state index contributed by atoms with van der Waals surface area (Å²) in [5.41, 5.74) is 5.76. The van der Waals surface area contributed by atoms with Gasteiger partial charge in [0.2, 0.25) is 0 Å². The predicted octanol–water partition coefficient (Wildman–Crippen LogP) is 7.66. The van der Waals surface area contributed by atoms with Gasteiger partial charge in [-0.1, -0.05) is 68.3 Å². The van der Waals surface area contributed by atoms with Crippen molar-refractivity contribution in [2.24, 2.45) is 0 Å². The third-order valence-corrected chi connectivity index (χ3v) is 6.01. The molecule has 0 aliphatic heterocycles. The van der Waals surface area contributed by atoms with E-state index >= 15 is 0 Å². The Hall–Kier alpha value is -2.30. The molecule has 0 aliphatic carbocycles. The Balaban J connectivity index is 1.74. The molecular formula is C25H20Br2N2. The molecule has 0 aliphatic rings. The second-order valence-electron chi connectivity index (χ2n) is 7.46. The minimum absolute atomic E-state index is 0.329. The van der Waals surface area contributed by atoms with Crippen LogP contribution in [-0.4, -0.2) is 9.97 Å². The standard InChI is InChI=1S/C25H20Br2N2/c1-25(2,23-13-5-11-21(28-23)17-7-3-9-19(26)15-17)24-14-6-12-22(29-24)18-8-4-10-20(27)16-18/h3-16H,1-2H3. The molecule has 0 bridgehead atoms. The smallest absolute Gasteiger partial charge is 0.0706 e. The van der Waals surface area contributed by atoms with Crippen molar-refractivity contribution in [3.8, 4) is 22.5 Å². The molecule has 0 unspecified atom stereocenters. The lowest BCUT2D eigenvalue weighted by molar-refractivity contribution is 0.597. The van der Waals surface area contributed by atoms with Crippen molar-refractivity contribution >= 4 is 31.9 Å². The van der Waals surface area contributed by atoms with Gasteiger partial charge in [-0.05, 0) is 62.4 Å². The van der Waals surface area contributed by atoms with Crippen molar-refractivity contribution in [1.29, 1.82) is 0 Å². The van der Waals surface area contributed by atoms with E-state index in [-0.39, 0.29) is 5.41 Å². The van der Waals surface area contributed by atoms with E-state index in [1.165, 1.54) is 0 Å². The monoisotopic (exact) mass is 506 g/mol. The molecule has 2 aromatic carbocycles. The Labute approximate surface area is 188 Å². The molecule has 0 amide bonds. The highest BCUT2D eigenvalue weighted by atomic mass is 79.9. The zero-order valence-corrected chi connectivity index (χ0v) is 19.4. The van der Waals surface area contributed by atoms with Crippen molar-refractivity contribution in [2.75, 3.05) is 0 Å². The summed E-state index contributed by atoms with van der Waals surface area (Å²) >= 11 is 7.10. The van der Waals surface area contributed by atoms with Crippen LogP contribution in [-0.2, 0) is 5.41 Å². The number of halogens is 2. The van der Waals surface area contributed by atoms with Gasteiger partial charge in [0, 0.05) is 25.5 Å². The second-order valence-corrected chi connectivity index (χ2v) is 9.29. The van der Waals surface area contributed by atoms with Crippen molar-refractivity contribution in [3.63, 3.8) is 0 Å². The first-order valence-electron chi connectivity index (χ1n) is 9.40. The summed E-state index contributed by atoms with van der Waals surface area (Å²) in [7, 11) is 0. The van der Waals surface area contributed by atoms with Crippen LogP contribution in [0, 0.1) is 0 Å². The van der Waals surface area contributed by atoms with E-state index in [4.69, 9.17) is 9.97 Å². The first kappa shape index (κ1) is 20.0. The number of benzene rings is 2. The normalized spacial score (nSPS) is 11.4. The molecule has 0 fully saturated rings. The first-order valence-corrected chi connectivity index (χ1v) is 11.0. The Morgan fingerprint density at radius 2 is 1.00 bits per heavy atom. The van der Waals surface area contributed by atoms with Gasteiger partial charge in [-0.2, -0.15) is 0 Å². The summed E-state index contributed by atoms with van der Waals surface area (Å²) in [5, 5.41) is 0. The molecule has 0 spiro atoms. The highest BCUT2D eigenvalue weighted by molar-refractivity contribution is 9.10. The van der Waals surface area contributed by atoms with E-state index in [0.29, 0.717) is 0 Å². The lowest BCUT2D eigenvalue weighted by atomic mass is 9.84. The molecule has 2 heterocycles. The molecule has 4 rings (SSSR count). The maximum absolute atomic E-state index is 4.98. The molecule has 144 valence electrons. The first-order chi connectivity index (χ1) is 13.9. The number of pyridine rings is 2. The topological polar surface area (TPSA) is 25.8 Å². The SMILES string of the molecule is CC(C)(c1cccc(-c2cccc(Br)c2)n1)c1cccc(-c2cccc(Br)c2)n1. The summed E-state index contributed by atoms with van der Waals surface area (Å²) in [6.07, 6.45) is 0. The van der Waals surface area contributed by atoms with Crippen LogP contribution in [0.5, 0.6) is 0 Å². The number of nitrogens with zero attached hydrogens (tertiary/aromatic N) is 2. The van der Waals surface area contributed by atoms with Crippen molar-refractivity contribution in [1.82, 2.24) is 9.97 Å². The summed E-state index contributed by atoms with van der Waals surface area (Å²) in [4.78, 5) is 9.96. The van der Waals surface area contributed by atoms with Gasteiger partial charge in [0.25, 0.3) is 0 Å². The molecule has 0 radical (unpaired) electrons. The maximum atomic E-state index is 4.98. The predicted molar refractivity (Wildman–Crippen MR) is 127 cm³/mol. The Morgan fingerprint density at radius 3 is 1.41 bits per heavy atom. The van der Waals surface area contributed by atoms with Crippen LogP contribution in [0.2, 0.25) is 0 Å². The third kappa shape index (κ3) is 4.34. The van der Waals surface area contributed by atoms with Crippen LogP contribution in [0.3, 0.4) is 0 Å². The largest absolute Gasteiger partial charge is 0.252 e. The van der Waals surface area contributed by atoms with Crippen molar-refractivity contribution < 1.29 is 0 Å². The number of rotatable bonds is 4. The van der Waals surface area contributed by atoms with E-state index in [0.717, 1.165) is 42.8 Å². The van der Waals surface area contributed by atoms with Crippen LogP contribution < -0.4 is 0 Å². The highest BCUT2D eigenvalue weighted by Crippen LogP contribution is 2.32. The minimum atomic E-state index is -0.329. The maximum Gasteiger partial charge on any atom is 0.0706 e. The summed E-state index contributed by atoms with van der Waals surface area (Å²) < 4.78 is 2.09. The summed E-state index contributed by atoms with van der Waals surface area (Å²) in [6.45, 7) is 4.35. The molecule has 0 saturated heterocycles. The van der Waals surface area contributed by atoms with E-state index < -0.39 is 0 Å². The van der Waals surface area contributed by atoms with Gasteiger partial charge in [-0.15, -0.1) is 0 Å². The molecule has 2 aromatic heterocycles. The van der Waals surface area contributed by atoms with Gasteiger partial charge in [-0.25, -0.2) is 0 Å². The fourth-order valence-corrected chi connectivity index (χ4v) is 4.11. The van der Waals surface area contributed by atoms with Gasteiger partial charge < -0.3 is 0 Å². The number of hydrogen-bond donors (Lipinski definition) is 0. The summed E-state index contributed by atoms with van der Waals surface area (Å²) in [5.74, 6) is 0. The Morgan fingerprint density at radius 1 is 0.586 bits per heavy atom. The van der Waals surface area contributed by atoms with Crippen LogP contribution in [0.15, 0.2) is 93.9 Å². The minimum Gasteiger partial charge on any atom is -0.252 e. The van der Waals surface area contributed by atoms with E-state index in [1.54, 1.807) is 0 Å². The third-order valence-electron chi connectivity index (χ3n) is 5.02. The molecule has 0 saturated carbocycles. The number of aromatic nitrogens is 2. The fourth-order valence-electron chi connectivity index (χ4n) is 3.31. The van der Waals surface area contributed by atoms with Gasteiger partial charge in [-0.3, -0.25) is 9.97 Å². The van der Waals surface area contributed by atoms with E-state index in [9.17, 15) is 0 Å². The Kier molecular flexibility index (Phi) is 5.66. The lowest BCUT2D eigenvalue weighted by Crippen LogP contribution is -2.22. The van der Waals surface area contributed by atoms with E-state index in [1.807, 2.05) is 36.4 Å². The van der Waals surface area contributed by atoms with Gasteiger partial charge >= 0.3 is 0 Å². The fraction of sp³-hybridized carbons (Fsp3) is 0.120. The van der Waals surface area contributed by atoms with Crippen molar-refractivity contribution in [3.05, 3.63) is 105 Å². The molecule has 0 atom stereocenters. The quantitative estimate of drug-likeness (QED) is 0.283. The second kappa shape index (κ2) is 8.21. The molecule has 0 N–H and O–H groups in total. The highest BCUT2D eigenvalue weighted by Gasteiger charge is 2.27. The molecule has 29 heavy (non-hydrogen) atoms. The van der Waals surface area contributed by atoms with Crippen LogP contribution in [0.4, 0.5) is 0 Å². The Bertz CT molecular complexity index is 1080. The van der Waals surface area contributed by atoms with Gasteiger partial charge in [0.15, 0.2) is 0 Å². The zero-order valence-electron chi connectivity index (χ0n) is 16.2. The van der Waals surface area contributed by atoms with Gasteiger partial charge in [0.05, 0.1) is 22.8 Å². The van der Waals surface area contributed by atoms with Crippen LogP contribution in [0.25, 0.3) is 22.5 Å². The molecule has 4 heteroatoms. The zero-order chi connectivity index (χ0) is 20.4. The van der Waals surface area contributed by atoms with Crippen molar-refractivity contribution in [2.45, 2.75) is 19.3 Å². The molecule has 2 nitrogen and oxygen atoms in total. The molecular weight excluding hydrogens is 488 g/mol. The number of hydrogen-bond acceptors (Lipinski definition) is 2. The van der Waals surface area contributed by atoms with E-state index in [2.05, 4.69) is 94.2 Å². The lowest BCUT2D eigenvalue weighted by Gasteiger charge is -2.25. The average Bonchev–Trinajstić information content (AvgIpc) is 2.74.